The molecule has 0 amide bonds. The molecule has 0 unspecified atom stereocenters. The van der Waals surface area contributed by atoms with Gasteiger partial charge < -0.3 is 0 Å². The maximum absolute atomic E-state index is 11.7. The predicted octanol–water partition coefficient (Wildman–Crippen LogP) is 2.07. The van der Waals surface area contributed by atoms with Crippen LogP contribution in [0.3, 0.4) is 0 Å². The Morgan fingerprint density at radius 3 is 2.00 bits per heavy atom. The molecular formula is C9H20ClNO2S. The summed E-state index contributed by atoms with van der Waals surface area (Å²) in [5.74, 6) is 0.585. The molecule has 3 nitrogen and oxygen atoms in total. The summed E-state index contributed by atoms with van der Waals surface area (Å²) >= 11 is 5.48. The molecule has 0 rings (SSSR count). The third kappa shape index (κ3) is 5.17. The van der Waals surface area contributed by atoms with Gasteiger partial charge in [-0.05, 0) is 19.3 Å². The van der Waals surface area contributed by atoms with Crippen LogP contribution in [-0.2, 0) is 10.0 Å². The lowest BCUT2D eigenvalue weighted by Crippen LogP contribution is -2.34. The summed E-state index contributed by atoms with van der Waals surface area (Å²) in [5, 5.41) is 0. The number of alkyl halides is 1. The third-order valence-electron chi connectivity index (χ3n) is 1.88. The van der Waals surface area contributed by atoms with Crippen molar-refractivity contribution in [3.8, 4) is 0 Å². The van der Waals surface area contributed by atoms with Crippen LogP contribution >= 0.6 is 11.6 Å². The fourth-order valence-electron chi connectivity index (χ4n) is 1.25. The molecule has 0 saturated heterocycles. The third-order valence-corrected chi connectivity index (χ3v) is 4.10. The second-order valence-electron chi connectivity index (χ2n) is 3.26. The molecule has 14 heavy (non-hydrogen) atoms. The zero-order chi connectivity index (χ0) is 11.0. The summed E-state index contributed by atoms with van der Waals surface area (Å²) in [4.78, 5) is 0. The Balaban J connectivity index is 4.29. The Labute approximate surface area is 92.5 Å². The molecule has 0 aromatic heterocycles. The summed E-state index contributed by atoms with van der Waals surface area (Å²) in [6, 6.07) is 0. The van der Waals surface area contributed by atoms with E-state index in [0.717, 1.165) is 12.8 Å². The van der Waals surface area contributed by atoms with Crippen molar-refractivity contribution >= 4 is 21.6 Å². The van der Waals surface area contributed by atoms with Crippen molar-refractivity contribution in [2.75, 3.05) is 24.7 Å². The van der Waals surface area contributed by atoms with E-state index in [4.69, 9.17) is 11.6 Å². The molecule has 0 spiro atoms. The van der Waals surface area contributed by atoms with E-state index in [2.05, 4.69) is 0 Å². The quantitative estimate of drug-likeness (QED) is 0.610. The van der Waals surface area contributed by atoms with Crippen LogP contribution in [0.1, 0.15) is 33.1 Å². The summed E-state index contributed by atoms with van der Waals surface area (Å²) in [5.41, 5.74) is 0. The van der Waals surface area contributed by atoms with Gasteiger partial charge in [0.25, 0.3) is 0 Å². The minimum atomic E-state index is -3.06. The molecule has 0 fully saturated rings. The van der Waals surface area contributed by atoms with Crippen molar-refractivity contribution < 1.29 is 8.42 Å². The lowest BCUT2D eigenvalue weighted by atomic mass is 10.4. The molecule has 0 aliphatic rings. The topological polar surface area (TPSA) is 37.4 Å². The second kappa shape index (κ2) is 7.49. The van der Waals surface area contributed by atoms with Crippen molar-refractivity contribution in [1.29, 1.82) is 0 Å². The van der Waals surface area contributed by atoms with E-state index in [-0.39, 0.29) is 5.75 Å². The largest absolute Gasteiger partial charge is 0.214 e. The van der Waals surface area contributed by atoms with Gasteiger partial charge in [-0.2, -0.15) is 0 Å². The average molecular weight is 242 g/mol. The smallest absolute Gasteiger partial charge is 0.212 e. The van der Waals surface area contributed by atoms with Crippen LogP contribution in [0.2, 0.25) is 0 Å². The average Bonchev–Trinajstić information content (AvgIpc) is 2.14. The molecule has 5 heteroatoms. The highest BCUT2D eigenvalue weighted by Crippen LogP contribution is 2.06. The highest BCUT2D eigenvalue weighted by Gasteiger charge is 2.19. The second-order valence-corrected chi connectivity index (χ2v) is 5.72. The van der Waals surface area contributed by atoms with Gasteiger partial charge in [-0.1, -0.05) is 13.8 Å². The lowest BCUT2D eigenvalue weighted by molar-refractivity contribution is 0.409. The normalized spacial score (nSPS) is 12.3. The number of hydrogen-bond donors (Lipinski definition) is 0. The van der Waals surface area contributed by atoms with Crippen LogP contribution < -0.4 is 0 Å². The molecule has 0 radical (unpaired) electrons. The van der Waals surface area contributed by atoms with Crippen LogP contribution in [0.4, 0.5) is 0 Å². The summed E-state index contributed by atoms with van der Waals surface area (Å²) in [6.45, 7) is 5.22. The van der Waals surface area contributed by atoms with Gasteiger partial charge in [0.1, 0.15) is 0 Å². The maximum atomic E-state index is 11.7. The van der Waals surface area contributed by atoms with Gasteiger partial charge in [0.2, 0.25) is 10.0 Å². The van der Waals surface area contributed by atoms with Crippen molar-refractivity contribution in [3.05, 3.63) is 0 Å². The van der Waals surface area contributed by atoms with E-state index in [0.29, 0.717) is 25.4 Å². The molecule has 0 aromatic rings. The molecule has 0 bridgehead atoms. The fraction of sp³-hybridized carbons (Fsp3) is 1.00. The van der Waals surface area contributed by atoms with Crippen molar-refractivity contribution in [2.45, 2.75) is 33.1 Å². The standard InChI is InChI=1S/C9H20ClNO2S/c1-3-7-11(8-4-2)14(12,13)9-5-6-10/h3-9H2,1-2H3. The number of nitrogens with zero attached hydrogens (tertiary/aromatic N) is 1. The molecule has 0 saturated carbocycles. The van der Waals surface area contributed by atoms with Crippen LogP contribution in [0.15, 0.2) is 0 Å². The Morgan fingerprint density at radius 2 is 1.64 bits per heavy atom. The fourth-order valence-corrected chi connectivity index (χ4v) is 3.24. The predicted molar refractivity (Wildman–Crippen MR) is 61.3 cm³/mol. The van der Waals surface area contributed by atoms with E-state index >= 15 is 0 Å². The first-order valence-corrected chi connectivity index (χ1v) is 7.26. The maximum Gasteiger partial charge on any atom is 0.214 e. The lowest BCUT2D eigenvalue weighted by Gasteiger charge is -2.20. The van der Waals surface area contributed by atoms with E-state index in [1.54, 1.807) is 4.31 Å². The van der Waals surface area contributed by atoms with Crippen LogP contribution in [0.5, 0.6) is 0 Å². The van der Waals surface area contributed by atoms with E-state index < -0.39 is 10.0 Å². The van der Waals surface area contributed by atoms with Gasteiger partial charge in [-0.15, -0.1) is 11.6 Å². The van der Waals surface area contributed by atoms with Crippen molar-refractivity contribution in [2.24, 2.45) is 0 Å². The number of hydrogen-bond acceptors (Lipinski definition) is 2. The molecule has 0 aliphatic heterocycles. The molecule has 0 heterocycles. The molecular weight excluding hydrogens is 222 g/mol. The van der Waals surface area contributed by atoms with Gasteiger partial charge in [-0.3, -0.25) is 0 Å². The first-order valence-electron chi connectivity index (χ1n) is 5.12. The van der Waals surface area contributed by atoms with Gasteiger partial charge in [-0.25, -0.2) is 12.7 Å². The summed E-state index contributed by atoms with van der Waals surface area (Å²) in [7, 11) is -3.06. The molecule has 0 N–H and O–H groups in total. The number of rotatable bonds is 8. The highest BCUT2D eigenvalue weighted by atomic mass is 35.5. The zero-order valence-electron chi connectivity index (χ0n) is 9.00. The number of sulfonamides is 1. The van der Waals surface area contributed by atoms with Gasteiger partial charge in [0.15, 0.2) is 0 Å². The first kappa shape index (κ1) is 14.2. The minimum absolute atomic E-state index is 0.177. The Kier molecular flexibility index (Phi) is 7.59. The zero-order valence-corrected chi connectivity index (χ0v) is 10.6. The van der Waals surface area contributed by atoms with Crippen LogP contribution in [-0.4, -0.2) is 37.4 Å². The minimum Gasteiger partial charge on any atom is -0.212 e. The van der Waals surface area contributed by atoms with Crippen molar-refractivity contribution in [1.82, 2.24) is 4.31 Å². The molecule has 0 aromatic carbocycles. The van der Waals surface area contributed by atoms with Crippen LogP contribution in [0, 0.1) is 0 Å². The summed E-state index contributed by atoms with van der Waals surface area (Å²) < 4.78 is 25.0. The molecule has 0 atom stereocenters. The van der Waals surface area contributed by atoms with Gasteiger partial charge in [0.05, 0.1) is 5.75 Å². The number of halogens is 1. The van der Waals surface area contributed by atoms with Crippen LogP contribution in [0.25, 0.3) is 0 Å². The molecule has 0 aliphatic carbocycles. The monoisotopic (exact) mass is 241 g/mol. The van der Waals surface area contributed by atoms with Crippen molar-refractivity contribution in [3.63, 3.8) is 0 Å². The van der Waals surface area contributed by atoms with Gasteiger partial charge >= 0.3 is 0 Å². The first-order chi connectivity index (χ1) is 6.58. The van der Waals surface area contributed by atoms with E-state index in [1.807, 2.05) is 13.8 Å². The van der Waals surface area contributed by atoms with E-state index in [9.17, 15) is 8.42 Å². The Morgan fingerprint density at radius 1 is 1.14 bits per heavy atom. The Bertz CT molecular complexity index is 223. The van der Waals surface area contributed by atoms with E-state index in [1.165, 1.54) is 0 Å². The summed E-state index contributed by atoms with van der Waals surface area (Å²) in [6.07, 6.45) is 2.26. The molecule has 86 valence electrons. The Hall–Kier alpha value is 0.200. The van der Waals surface area contributed by atoms with Gasteiger partial charge in [0, 0.05) is 19.0 Å². The SMILES string of the molecule is CCCN(CCC)S(=O)(=O)CCCCl. The highest BCUT2D eigenvalue weighted by molar-refractivity contribution is 7.89.